The van der Waals surface area contributed by atoms with Crippen LogP contribution in [0.15, 0.2) is 75.8 Å². The van der Waals surface area contributed by atoms with E-state index in [1.165, 1.54) is 0 Å². The molecule has 18 heteroatoms. The lowest BCUT2D eigenvalue weighted by Crippen LogP contribution is -2.60. The number of esters is 1. The monoisotopic (exact) mass is 1080 g/mol. The number of ether oxygens (including phenoxy) is 7. The molecule has 4 fully saturated rings. The Morgan fingerprint density at radius 3 is 2.31 bits per heavy atom. The van der Waals surface area contributed by atoms with Crippen molar-refractivity contribution in [2.75, 3.05) is 0 Å². The van der Waals surface area contributed by atoms with Crippen LogP contribution in [-0.2, 0) is 52.3 Å². The second-order valence-electron chi connectivity index (χ2n) is 24.9. The third kappa shape index (κ3) is 9.61. The molecule has 422 valence electrons. The molecule has 2 bridgehead atoms. The molecule has 0 aromatic heterocycles. The van der Waals surface area contributed by atoms with Gasteiger partial charge in [0.1, 0.15) is 12.2 Å². The van der Waals surface area contributed by atoms with E-state index >= 15 is 4.79 Å². The van der Waals surface area contributed by atoms with Crippen molar-refractivity contribution in [2.24, 2.45) is 56.1 Å². The number of Topliss-reactive ketones (excluding diaryl/α,β-unsaturated/α-hetero) is 1. The summed E-state index contributed by atoms with van der Waals surface area (Å²) in [6, 6.07) is 7.01. The van der Waals surface area contributed by atoms with Gasteiger partial charge in [-0.3, -0.25) is 9.59 Å². The highest BCUT2D eigenvalue weighted by atomic mass is 16.7. The van der Waals surface area contributed by atoms with E-state index in [1.54, 1.807) is 26.0 Å². The van der Waals surface area contributed by atoms with E-state index in [-0.39, 0.29) is 77.3 Å². The second-order valence-corrected chi connectivity index (χ2v) is 24.9. The van der Waals surface area contributed by atoms with Crippen molar-refractivity contribution in [1.82, 2.24) is 5.32 Å². The molecule has 6 N–H and O–H groups in total. The van der Waals surface area contributed by atoms with E-state index in [2.05, 4.69) is 27.5 Å². The summed E-state index contributed by atoms with van der Waals surface area (Å²) < 4.78 is 45.0. The first kappa shape index (κ1) is 55.2. The summed E-state index contributed by atoms with van der Waals surface area (Å²) in [7, 11) is 0. The fourth-order valence-electron chi connectivity index (χ4n) is 15.3. The first-order valence-electron chi connectivity index (χ1n) is 28.5. The molecule has 6 heterocycles. The van der Waals surface area contributed by atoms with E-state index in [0.717, 1.165) is 36.1 Å². The number of aliphatic hydroxyl groups excluding tert-OH is 1. The van der Waals surface area contributed by atoms with Crippen LogP contribution in [0.4, 0.5) is 5.69 Å². The number of nitrogens with one attached hydrogen (secondary N) is 1. The van der Waals surface area contributed by atoms with Crippen LogP contribution < -0.4 is 11.1 Å². The van der Waals surface area contributed by atoms with Gasteiger partial charge in [-0.25, -0.2) is 19.6 Å². The number of aliphatic imine (C=N–C) groups is 2. The maximum absolute atomic E-state index is 15.4. The molecular weight excluding hydrogens is 1000 g/mol. The number of carboxylic acid groups (broad SMARTS) is 1. The highest BCUT2D eigenvalue weighted by Gasteiger charge is 2.61. The summed E-state index contributed by atoms with van der Waals surface area (Å²) in [5.41, 5.74) is 5.24. The van der Waals surface area contributed by atoms with Crippen LogP contribution in [0, 0.1) is 40.4 Å². The van der Waals surface area contributed by atoms with Gasteiger partial charge in [-0.1, -0.05) is 77.0 Å². The number of carboxylic acids is 1. The predicted octanol–water partition coefficient (Wildman–Crippen LogP) is 6.72. The zero-order valence-electron chi connectivity index (χ0n) is 46.1. The van der Waals surface area contributed by atoms with Crippen LogP contribution in [0.1, 0.15) is 132 Å². The number of hydrogen-bond donors (Lipinski definition) is 5. The highest BCUT2D eigenvalue weighted by Crippen LogP contribution is 2.58. The average molecular weight is 1080 g/mol. The van der Waals surface area contributed by atoms with Crippen molar-refractivity contribution in [3.63, 3.8) is 0 Å². The van der Waals surface area contributed by atoms with Gasteiger partial charge in [-0.2, -0.15) is 0 Å². The molecule has 10 aliphatic rings. The minimum absolute atomic E-state index is 0.0969. The van der Waals surface area contributed by atoms with Crippen LogP contribution >= 0.6 is 0 Å². The van der Waals surface area contributed by atoms with Crippen LogP contribution in [-0.4, -0.2) is 135 Å². The largest absolute Gasteiger partial charge is 0.478 e. The summed E-state index contributed by atoms with van der Waals surface area (Å²) in [5, 5.41) is 37.5. The van der Waals surface area contributed by atoms with Crippen LogP contribution in [0.25, 0.3) is 5.57 Å². The Morgan fingerprint density at radius 2 is 1.56 bits per heavy atom. The lowest BCUT2D eigenvalue weighted by Gasteiger charge is -2.53. The zero-order valence-corrected chi connectivity index (χ0v) is 46.1. The Kier molecular flexibility index (Phi) is 14.6. The predicted molar refractivity (Wildman–Crippen MR) is 286 cm³/mol. The van der Waals surface area contributed by atoms with Crippen molar-refractivity contribution >= 4 is 46.4 Å². The van der Waals surface area contributed by atoms with Crippen molar-refractivity contribution in [3.8, 4) is 0 Å². The molecule has 0 radical (unpaired) electrons. The lowest BCUT2D eigenvalue weighted by atomic mass is 9.52. The van der Waals surface area contributed by atoms with E-state index in [1.807, 2.05) is 71.9 Å². The number of amidine groups is 1. The number of amides is 1. The number of nitrogens with zero attached hydrogens (tertiary/aromatic N) is 2. The van der Waals surface area contributed by atoms with Gasteiger partial charge in [0.25, 0.3) is 5.91 Å². The number of carbonyl (C=O) groups excluding carboxylic acids is 3. The van der Waals surface area contributed by atoms with Gasteiger partial charge < -0.3 is 59.5 Å². The second kappa shape index (κ2) is 20.7. The summed E-state index contributed by atoms with van der Waals surface area (Å²) in [6.07, 6.45) is 8.18. The Bertz CT molecular complexity index is 2790. The van der Waals surface area contributed by atoms with E-state index < -0.39 is 101 Å². The number of aliphatic carboxylic acids is 1. The van der Waals surface area contributed by atoms with Gasteiger partial charge >= 0.3 is 11.9 Å². The number of aliphatic hydroxyl groups is 2. The first-order valence-corrected chi connectivity index (χ1v) is 28.5. The fourth-order valence-corrected chi connectivity index (χ4v) is 15.3. The molecule has 6 aliphatic heterocycles. The molecule has 3 saturated heterocycles. The Morgan fingerprint density at radius 1 is 0.821 bits per heavy atom. The Labute approximate surface area is 456 Å². The number of carbonyl (C=O) groups is 4. The van der Waals surface area contributed by atoms with Crippen LogP contribution in [0.5, 0.6) is 0 Å². The third-order valence-corrected chi connectivity index (χ3v) is 19.8. The number of fused-ring (bicyclic) bond motifs is 6. The number of para-hydroxylation sites is 1. The molecule has 1 amide bonds. The first-order chi connectivity index (χ1) is 37.0. The summed E-state index contributed by atoms with van der Waals surface area (Å²) in [5.74, 6) is -3.11. The van der Waals surface area contributed by atoms with Gasteiger partial charge in [0.2, 0.25) is 0 Å². The summed E-state index contributed by atoms with van der Waals surface area (Å²) in [4.78, 5) is 64.6. The number of benzene rings is 1. The topological polar surface area (TPSA) is 256 Å². The molecule has 0 unspecified atom stereocenters. The number of allylic oxidation sites excluding steroid dienone is 1. The summed E-state index contributed by atoms with van der Waals surface area (Å²) >= 11 is 0. The minimum atomic E-state index is -1.41. The van der Waals surface area contributed by atoms with Gasteiger partial charge in [-0.15, -0.1) is 0 Å². The standard InChI is InChI=1S/C60H78N4O14/c1-9-33-25-57(6)26-38(55(68)69)29(2)24-60(57)27-39(54(67)64-60)51(66)59(8)34(21-43(33)65)17-18-36-40(59)14-12-16-45(36)76-47-20-19-44(30(3)72-47)75-49-28-58(7,71)52(32(5)74-49)78-48-23-46(50(61)31(4)73-48)77-56(70)42-22-37-35-13-10-11-15-41(35)62-53(37)63-42/h10-11,13,15,17-18,22,26-27,29-34,36,40,43-50,52,65,71H,9,12,14,16,19-21,23-25,28,61H2,1-8H3,(H,64,67)(H,68,69)/t29-,30+,31-,32-,33-,34+,36-,40+,43-,44+,45-,46-,47-,48+,49+,50+,52-,57+,58+,59+,60-/m0/s1. The van der Waals surface area contributed by atoms with Crippen molar-refractivity contribution in [3.05, 3.63) is 71.4 Å². The number of rotatable bonds is 10. The number of nitrogens with two attached hydrogens (primary N) is 1. The van der Waals surface area contributed by atoms with Crippen LogP contribution in [0.3, 0.4) is 0 Å². The third-order valence-electron chi connectivity index (χ3n) is 19.8. The van der Waals surface area contributed by atoms with Gasteiger partial charge in [0.05, 0.1) is 65.1 Å². The van der Waals surface area contributed by atoms with E-state index in [4.69, 9.17) is 38.9 Å². The molecule has 1 spiro atoms. The van der Waals surface area contributed by atoms with Crippen molar-refractivity contribution in [2.45, 2.75) is 211 Å². The molecule has 4 aliphatic carbocycles. The number of ketones is 1. The quantitative estimate of drug-likeness (QED) is 0.0926. The molecule has 1 saturated carbocycles. The molecule has 21 atom stereocenters. The van der Waals surface area contributed by atoms with Gasteiger partial charge in [0, 0.05) is 52.7 Å². The maximum atomic E-state index is 15.4. The minimum Gasteiger partial charge on any atom is -0.478 e. The molecule has 11 rings (SSSR count). The van der Waals surface area contributed by atoms with E-state index in [9.17, 15) is 29.7 Å². The molecule has 1 aromatic carbocycles. The molecular formula is C60H78N4O14. The molecule has 78 heavy (non-hydrogen) atoms. The SMILES string of the molecule is CC[C@H]1C[C@]2(C)C=C(C(=O)O)[C@@H](C)C[C@]23C=C(C(=O)N3)C(=O)[C@]2(C)[C@H](C=C[C@@H]3[C@@H](O[C@H]4CC[C@@H](O[C@@H]5C[C@@](C)(O)[C@@H](O[C@@H]6C[C@H](OC(=O)C7=NC8=Nc9ccccc9C8=C7)[C@H](N)[C@H](C)O6)[C@H](C)O5)[C@@H](C)O4)CCC[C@H]32)C[C@@H]1O. The number of hydrogen-bond acceptors (Lipinski definition) is 16. The van der Waals surface area contributed by atoms with Crippen LogP contribution in [0.2, 0.25) is 0 Å². The smallest absolute Gasteiger partial charge is 0.357 e. The molecule has 18 nitrogen and oxygen atoms in total. The van der Waals surface area contributed by atoms with Gasteiger partial charge in [0.15, 0.2) is 36.2 Å². The maximum Gasteiger partial charge on any atom is 0.357 e. The Hall–Kier alpha value is -4.76. The average Bonchev–Trinajstić information content (AvgIpc) is 4.27. The normalized spacial score (nSPS) is 44.9. The fraction of sp³-hybridized carbons (Fsp3) is 0.667. The van der Waals surface area contributed by atoms with Crippen molar-refractivity contribution in [1.29, 1.82) is 0 Å². The molecule has 1 aromatic rings. The van der Waals surface area contributed by atoms with Crippen molar-refractivity contribution < 1.29 is 67.7 Å². The summed E-state index contributed by atoms with van der Waals surface area (Å²) in [6.45, 7) is 15.1. The van der Waals surface area contributed by atoms with Gasteiger partial charge in [-0.05, 0) is 108 Å². The highest BCUT2D eigenvalue weighted by molar-refractivity contribution is 6.52. The van der Waals surface area contributed by atoms with E-state index in [0.29, 0.717) is 44.4 Å². The Balaban J connectivity index is 0.716. The lowest BCUT2D eigenvalue weighted by molar-refractivity contribution is -0.339. The zero-order chi connectivity index (χ0) is 55.4.